The molecule has 27 heavy (non-hydrogen) atoms. The Balaban J connectivity index is 0.00000261. The number of hydrogen-bond donors (Lipinski definition) is 4. The molecule has 7 nitrogen and oxygen atoms in total. The van der Waals surface area contributed by atoms with Crippen LogP contribution in [0.4, 0.5) is 0 Å². The number of phenols is 3. The van der Waals surface area contributed by atoms with Gasteiger partial charge in [0.1, 0.15) is 32.1 Å². The zero-order chi connectivity index (χ0) is 18.9. The highest BCUT2D eigenvalue weighted by atomic mass is 32.2. The van der Waals surface area contributed by atoms with Gasteiger partial charge in [0.2, 0.25) is 0 Å². The topological polar surface area (TPSA) is 154 Å². The van der Waals surface area contributed by atoms with Gasteiger partial charge >= 0.3 is 0 Å². The molecule has 0 aliphatic carbocycles. The molecule has 3 aromatic rings. The summed E-state index contributed by atoms with van der Waals surface area (Å²) in [5.41, 5.74) is -0.797. The highest BCUT2D eigenvalue weighted by Crippen LogP contribution is 2.51. The second-order valence-electron chi connectivity index (χ2n) is 5.69. The summed E-state index contributed by atoms with van der Waals surface area (Å²) in [6.07, 6.45) is 0. The third-order valence-corrected chi connectivity index (χ3v) is 5.63. The van der Waals surface area contributed by atoms with Gasteiger partial charge in [-0.15, -0.1) is 0 Å². The minimum absolute atomic E-state index is 0. The normalized spacial score (nSPS) is 11.6. The van der Waals surface area contributed by atoms with Gasteiger partial charge in [0.15, 0.2) is 0 Å². The molecule has 142 valence electrons. The second-order valence-corrected chi connectivity index (χ2v) is 7.21. The Labute approximate surface area is 156 Å². The molecule has 0 fully saturated rings. The summed E-state index contributed by atoms with van der Waals surface area (Å²) in [6.45, 7) is 0. The first-order chi connectivity index (χ1) is 12.3. The van der Waals surface area contributed by atoms with Crippen LogP contribution in [0.5, 0.6) is 17.2 Å². The molecule has 0 atom stereocenters. The molecule has 0 heterocycles. The number of quaternary nitrogens is 1. The van der Waals surface area contributed by atoms with E-state index in [2.05, 4.69) is 0 Å². The van der Waals surface area contributed by atoms with Crippen LogP contribution in [0.1, 0.15) is 16.7 Å². The predicted octanol–water partition coefficient (Wildman–Crippen LogP) is 3.02. The molecule has 0 saturated carbocycles. The van der Waals surface area contributed by atoms with Crippen LogP contribution in [0.3, 0.4) is 0 Å². The summed E-state index contributed by atoms with van der Waals surface area (Å²) >= 11 is 0. The van der Waals surface area contributed by atoms with E-state index in [1.165, 1.54) is 72.8 Å². The number of aromatic hydroxyl groups is 3. The van der Waals surface area contributed by atoms with Crippen LogP contribution >= 0.6 is 0 Å². The van der Waals surface area contributed by atoms with Gasteiger partial charge in [-0.2, -0.15) is 0 Å². The minimum Gasteiger partial charge on any atom is -0.747 e. The molecule has 3 rings (SSSR count). The number of hydrogen-bond acceptors (Lipinski definition) is 6. The number of para-hydroxylation sites is 3. The molecular formula is C19H19NO6S. The smallest absolute Gasteiger partial charge is 0.146 e. The molecule has 0 aliphatic heterocycles. The van der Waals surface area contributed by atoms with Crippen molar-refractivity contribution in [2.75, 3.05) is 0 Å². The van der Waals surface area contributed by atoms with Crippen LogP contribution in [-0.2, 0) is 14.9 Å². The first-order valence-corrected chi connectivity index (χ1v) is 9.02. The fourth-order valence-corrected chi connectivity index (χ4v) is 4.48. The van der Waals surface area contributed by atoms with Gasteiger partial charge in [0.05, 0.1) is 0 Å². The van der Waals surface area contributed by atoms with Crippen LogP contribution in [0.25, 0.3) is 0 Å². The molecule has 0 aliphatic rings. The van der Waals surface area contributed by atoms with Gasteiger partial charge < -0.3 is 26.0 Å². The Kier molecular flexibility index (Phi) is 5.46. The van der Waals surface area contributed by atoms with Crippen LogP contribution < -0.4 is 6.15 Å². The lowest BCUT2D eigenvalue weighted by Crippen LogP contribution is -2.38. The summed E-state index contributed by atoms with van der Waals surface area (Å²) < 4.78 is 35.3. The number of benzene rings is 3. The average molecular weight is 389 g/mol. The van der Waals surface area contributed by atoms with Crippen molar-refractivity contribution in [3.05, 3.63) is 89.5 Å². The summed E-state index contributed by atoms with van der Waals surface area (Å²) in [4.78, 5) is 0. The molecule has 0 bridgehead atoms. The highest BCUT2D eigenvalue weighted by Gasteiger charge is 2.48. The standard InChI is InChI=1S/C19H16O6S.H3N/c20-16-10-4-1-7-13(16)19(26(23,24)25,14-8-2-5-11-17(14)21)15-9-3-6-12-18(15)22;/h1-12,20-22H,(H,23,24,25);1H3. The van der Waals surface area contributed by atoms with E-state index >= 15 is 0 Å². The summed E-state index contributed by atoms with van der Waals surface area (Å²) in [5, 5.41) is 31.0. The Morgan fingerprint density at radius 1 is 0.630 bits per heavy atom. The molecule has 8 heteroatoms. The summed E-state index contributed by atoms with van der Waals surface area (Å²) in [7, 11) is -5.28. The maximum Gasteiger partial charge on any atom is 0.146 e. The van der Waals surface area contributed by atoms with E-state index in [-0.39, 0.29) is 22.8 Å². The van der Waals surface area contributed by atoms with Crippen molar-refractivity contribution in [1.29, 1.82) is 0 Å². The van der Waals surface area contributed by atoms with Crippen LogP contribution in [0.15, 0.2) is 72.8 Å². The number of rotatable bonds is 4. The van der Waals surface area contributed by atoms with E-state index in [9.17, 15) is 28.3 Å². The lowest BCUT2D eigenvalue weighted by Gasteiger charge is -2.38. The lowest BCUT2D eigenvalue weighted by atomic mass is 9.82. The van der Waals surface area contributed by atoms with Gasteiger partial charge in [-0.1, -0.05) is 54.6 Å². The Morgan fingerprint density at radius 3 is 1.11 bits per heavy atom. The van der Waals surface area contributed by atoms with Gasteiger partial charge in [0.25, 0.3) is 0 Å². The van der Waals surface area contributed by atoms with E-state index in [0.29, 0.717) is 0 Å². The summed E-state index contributed by atoms with van der Waals surface area (Å²) in [6, 6.07) is 16.3. The second kappa shape index (κ2) is 7.28. The first kappa shape index (κ1) is 20.2. The zero-order valence-electron chi connectivity index (χ0n) is 14.4. The van der Waals surface area contributed by atoms with E-state index < -0.39 is 32.1 Å². The maximum atomic E-state index is 12.6. The summed E-state index contributed by atoms with van der Waals surface area (Å²) in [5.74, 6) is -1.38. The van der Waals surface area contributed by atoms with Crippen molar-refractivity contribution >= 4 is 10.1 Å². The van der Waals surface area contributed by atoms with Crippen molar-refractivity contribution < 1.29 is 28.3 Å². The first-order valence-electron chi connectivity index (χ1n) is 7.61. The van der Waals surface area contributed by atoms with Crippen LogP contribution in [-0.4, -0.2) is 28.3 Å². The largest absolute Gasteiger partial charge is 0.747 e. The fourth-order valence-electron chi connectivity index (χ4n) is 3.15. The van der Waals surface area contributed by atoms with Crippen molar-refractivity contribution in [3.8, 4) is 17.2 Å². The maximum absolute atomic E-state index is 12.6. The Hall–Kier alpha value is -3.07. The Bertz CT molecular complexity index is 954. The van der Waals surface area contributed by atoms with Crippen molar-refractivity contribution in [1.82, 2.24) is 6.15 Å². The molecule has 0 unspecified atom stereocenters. The van der Waals surface area contributed by atoms with E-state index in [1.54, 1.807) is 0 Å². The van der Waals surface area contributed by atoms with Crippen molar-refractivity contribution in [2.45, 2.75) is 4.75 Å². The molecule has 0 radical (unpaired) electrons. The van der Waals surface area contributed by atoms with Gasteiger partial charge in [0, 0.05) is 16.7 Å². The molecule has 3 aromatic carbocycles. The molecule has 0 spiro atoms. The molecule has 0 aromatic heterocycles. The zero-order valence-corrected chi connectivity index (χ0v) is 15.2. The highest BCUT2D eigenvalue weighted by molar-refractivity contribution is 7.87. The monoisotopic (exact) mass is 389 g/mol. The van der Waals surface area contributed by atoms with Gasteiger partial charge in [-0.3, -0.25) is 0 Å². The molecule has 0 amide bonds. The van der Waals surface area contributed by atoms with E-state index in [4.69, 9.17) is 0 Å². The van der Waals surface area contributed by atoms with Gasteiger partial charge in [-0.25, -0.2) is 8.42 Å². The van der Waals surface area contributed by atoms with Crippen LogP contribution in [0, 0.1) is 0 Å². The predicted molar refractivity (Wildman–Crippen MR) is 99.9 cm³/mol. The third-order valence-electron chi connectivity index (χ3n) is 4.23. The molecule has 7 N–H and O–H groups in total. The average Bonchev–Trinajstić information content (AvgIpc) is 2.59. The van der Waals surface area contributed by atoms with Crippen molar-refractivity contribution in [3.63, 3.8) is 0 Å². The van der Waals surface area contributed by atoms with Gasteiger partial charge in [-0.05, 0) is 18.2 Å². The minimum atomic E-state index is -5.28. The SMILES string of the molecule is O=S(=O)([O-])C(c1ccccc1O)(c1ccccc1O)c1ccccc1O.[NH4+]. The van der Waals surface area contributed by atoms with Crippen molar-refractivity contribution in [2.24, 2.45) is 0 Å². The molecule has 0 saturated heterocycles. The van der Waals surface area contributed by atoms with E-state index in [1.807, 2.05) is 0 Å². The fraction of sp³-hybridized carbons (Fsp3) is 0.0526. The molecular weight excluding hydrogens is 370 g/mol. The quantitative estimate of drug-likeness (QED) is 0.397. The Morgan fingerprint density at radius 2 is 0.889 bits per heavy atom. The number of phenolic OH excluding ortho intramolecular Hbond substituents is 3. The lowest BCUT2D eigenvalue weighted by molar-refractivity contribution is 0.410. The van der Waals surface area contributed by atoms with E-state index in [0.717, 1.165) is 0 Å². The third kappa shape index (κ3) is 3.10. The van der Waals surface area contributed by atoms with Crippen LogP contribution in [0.2, 0.25) is 0 Å².